The molecule has 0 amide bonds. The van der Waals surface area contributed by atoms with E-state index in [9.17, 15) is 0 Å². The lowest BCUT2D eigenvalue weighted by molar-refractivity contribution is 0.600. The Bertz CT molecular complexity index is 2170. The Morgan fingerprint density at radius 1 is 0.271 bits per heavy atom. The molecule has 0 radical (unpaired) electrons. The van der Waals surface area contributed by atoms with Crippen molar-refractivity contribution >= 4 is 63.8 Å². The summed E-state index contributed by atoms with van der Waals surface area (Å²) in [6.45, 7) is -5.28. The van der Waals surface area contributed by atoms with Gasteiger partial charge in [0.1, 0.15) is 0 Å². The van der Waals surface area contributed by atoms with Crippen molar-refractivity contribution in [1.29, 1.82) is 0 Å². The summed E-state index contributed by atoms with van der Waals surface area (Å²) >= 11 is 0. The monoisotopic (exact) mass is 671 g/mol. The van der Waals surface area contributed by atoms with Crippen LogP contribution >= 0.6 is 21.2 Å². The van der Waals surface area contributed by atoms with E-state index >= 15 is 4.57 Å². The maximum absolute atomic E-state index is 16.4. The molecule has 8 aromatic rings. The Balaban J connectivity index is 1.83. The van der Waals surface area contributed by atoms with Crippen molar-refractivity contribution in [2.75, 3.05) is 0 Å². The van der Waals surface area contributed by atoms with Crippen LogP contribution in [0.5, 0.6) is 0 Å². The second-order valence-electron chi connectivity index (χ2n) is 11.8. The molecule has 7 aromatic carbocycles. The zero-order valence-corrected chi connectivity index (χ0v) is 29.1. The second kappa shape index (κ2) is 13.0. The van der Waals surface area contributed by atoms with Crippen LogP contribution in [0.4, 0.5) is 0 Å². The van der Waals surface area contributed by atoms with Gasteiger partial charge in [0, 0.05) is 24.5 Å². The fourth-order valence-electron chi connectivity index (χ4n) is 7.36. The lowest BCUT2D eigenvalue weighted by atomic mass is 10.2. The van der Waals surface area contributed by atoms with Crippen molar-refractivity contribution in [3.8, 4) is 0 Å². The summed E-state index contributed by atoms with van der Waals surface area (Å²) in [6.07, 6.45) is 0. The highest BCUT2D eigenvalue weighted by Gasteiger charge is 2.39. The van der Waals surface area contributed by atoms with Gasteiger partial charge in [-0.05, 0) is 44.0 Å². The Morgan fingerprint density at radius 2 is 0.458 bits per heavy atom. The van der Waals surface area contributed by atoms with Gasteiger partial charge in [-0.25, -0.2) is 0 Å². The third kappa shape index (κ3) is 4.78. The van der Waals surface area contributed by atoms with Crippen LogP contribution in [0.25, 0.3) is 10.8 Å². The van der Waals surface area contributed by atoms with E-state index < -0.39 is 21.2 Å². The molecule has 230 valence electrons. The fourth-order valence-corrected chi connectivity index (χ4v) is 21.6. The van der Waals surface area contributed by atoms with Crippen LogP contribution in [0.1, 0.15) is 0 Å². The third-order valence-corrected chi connectivity index (χ3v) is 21.6. The quantitative estimate of drug-likeness (QED) is 0.161. The topological polar surface area (TPSA) is 17.1 Å². The van der Waals surface area contributed by atoms with Crippen molar-refractivity contribution in [2.24, 2.45) is 0 Å². The predicted molar refractivity (Wildman–Crippen MR) is 211 cm³/mol. The average Bonchev–Trinajstić information content (AvgIpc) is 3.47. The van der Waals surface area contributed by atoms with Gasteiger partial charge in [-0.3, -0.25) is 0 Å². The third-order valence-electron chi connectivity index (χ3n) is 9.29. The number of fused-ring (bicyclic) bond motifs is 1. The SMILES string of the molecule is O=[p+]1c(=P(c2ccccc2)(c2ccccc2)c2ccccc2)c2ccccc2c1=P(c1ccccc1)(c1ccccc1)c1ccccc1. The molecule has 0 aliphatic carbocycles. The number of hydrogen-bond acceptors (Lipinski definition) is 1. The smallest absolute Gasteiger partial charge is 0.0622 e. The van der Waals surface area contributed by atoms with E-state index in [0.29, 0.717) is 0 Å². The molecular weight excluding hydrogens is 637 g/mol. The minimum absolute atomic E-state index is 1.05. The molecule has 0 bridgehead atoms. The highest BCUT2D eigenvalue weighted by Crippen LogP contribution is 2.59. The minimum Gasteiger partial charge on any atom is -0.0622 e. The van der Waals surface area contributed by atoms with Gasteiger partial charge in [0.2, 0.25) is 9.34 Å². The molecule has 0 saturated carbocycles. The van der Waals surface area contributed by atoms with Crippen LogP contribution in [0.15, 0.2) is 206 Å². The second-order valence-corrected chi connectivity index (χ2v) is 20.7. The Kier molecular flexibility index (Phi) is 8.30. The van der Waals surface area contributed by atoms with Gasteiger partial charge in [0.15, 0.2) is 0 Å². The van der Waals surface area contributed by atoms with Crippen LogP contribution in [-0.2, 0) is 4.57 Å². The highest BCUT2D eigenvalue weighted by atomic mass is 31.2. The van der Waals surface area contributed by atoms with Crippen LogP contribution in [0.2, 0.25) is 0 Å². The normalized spacial score (nSPS) is 11.8. The average molecular weight is 672 g/mol. The van der Waals surface area contributed by atoms with Gasteiger partial charge in [-0.1, -0.05) is 199 Å². The predicted octanol–water partition coefficient (Wildman–Crippen LogP) is 9.51. The lowest BCUT2D eigenvalue weighted by Gasteiger charge is -2.26. The summed E-state index contributed by atoms with van der Waals surface area (Å²) in [5.74, 6) is 0. The Morgan fingerprint density at radius 3 is 0.667 bits per heavy atom. The zero-order valence-electron chi connectivity index (χ0n) is 26.4. The largest absolute Gasteiger partial charge is 0.418 e. The molecule has 48 heavy (non-hydrogen) atoms. The molecule has 0 fully saturated rings. The minimum atomic E-state index is -2.64. The zero-order chi connectivity index (χ0) is 32.4. The van der Waals surface area contributed by atoms with Gasteiger partial charge in [0.25, 0.3) is 0 Å². The van der Waals surface area contributed by atoms with Crippen LogP contribution < -0.4 is 31.8 Å². The molecule has 0 atom stereocenters. The molecule has 8 rings (SSSR count). The summed E-state index contributed by atoms with van der Waals surface area (Å²) in [7, 11) is -2.05. The number of hydrogen-bond donors (Lipinski definition) is 0. The molecule has 4 heteroatoms. The van der Waals surface area contributed by atoms with Crippen LogP contribution in [-0.4, -0.2) is 0 Å². The molecule has 0 saturated heterocycles. The van der Waals surface area contributed by atoms with Crippen molar-refractivity contribution in [3.05, 3.63) is 216 Å². The van der Waals surface area contributed by atoms with Crippen LogP contribution in [0.3, 0.4) is 0 Å². The summed E-state index contributed by atoms with van der Waals surface area (Å²) < 4.78 is 18.5. The van der Waals surface area contributed by atoms with Crippen molar-refractivity contribution < 1.29 is 4.57 Å². The Hall–Kier alpha value is -4.76. The van der Waals surface area contributed by atoms with E-state index in [0.717, 1.165) is 20.1 Å². The highest BCUT2D eigenvalue weighted by molar-refractivity contribution is 7.93. The standard InChI is InChI=1S/C44H34OP3/c45-46-43(47(35-21-7-1-8-22-35,36-23-9-2-10-24-36)37-25-11-3-12-26-37)41-33-19-20-34-42(41)44(46)48(38-27-13-4-14-28-38,39-29-15-5-16-30-39)40-31-17-6-18-32-40/h1-34H/q+1. The van der Waals surface area contributed by atoms with Crippen molar-refractivity contribution in [3.63, 3.8) is 0 Å². The molecule has 0 aliphatic heterocycles. The summed E-state index contributed by atoms with van der Waals surface area (Å²) in [5, 5.41) is 9.45. The molecule has 1 aromatic heterocycles. The van der Waals surface area contributed by atoms with Gasteiger partial charge < -0.3 is 0 Å². The first-order valence-electron chi connectivity index (χ1n) is 16.2. The molecule has 0 spiro atoms. The first-order chi connectivity index (χ1) is 23.8. The molecule has 1 nitrogen and oxygen atoms in total. The number of benzene rings is 7. The molecular formula is C44H34OP3+. The first kappa shape index (κ1) is 30.6. The van der Waals surface area contributed by atoms with E-state index in [-0.39, 0.29) is 0 Å². The van der Waals surface area contributed by atoms with E-state index in [1.807, 2.05) is 0 Å². The maximum atomic E-state index is 16.4. The van der Waals surface area contributed by atoms with Gasteiger partial charge in [-0.2, -0.15) is 0 Å². The summed E-state index contributed by atoms with van der Waals surface area (Å²) in [6, 6.07) is 73.7. The van der Waals surface area contributed by atoms with Crippen LogP contribution in [0, 0.1) is 9.34 Å². The van der Waals surface area contributed by atoms with E-state index in [1.54, 1.807) is 0 Å². The summed E-state index contributed by atoms with van der Waals surface area (Å²) in [4.78, 5) is 0. The first-order valence-corrected chi connectivity index (χ1v) is 21.0. The van der Waals surface area contributed by atoms with Gasteiger partial charge in [-0.15, -0.1) is 0 Å². The summed E-state index contributed by atoms with van der Waals surface area (Å²) in [5.41, 5.74) is 0. The lowest BCUT2D eigenvalue weighted by Crippen LogP contribution is -2.26. The van der Waals surface area contributed by atoms with E-state index in [1.165, 1.54) is 31.8 Å². The van der Waals surface area contributed by atoms with Gasteiger partial charge >= 0.3 is 7.41 Å². The molecule has 0 aliphatic rings. The van der Waals surface area contributed by atoms with E-state index in [4.69, 9.17) is 0 Å². The van der Waals surface area contributed by atoms with Crippen molar-refractivity contribution in [1.82, 2.24) is 0 Å². The Labute approximate surface area is 282 Å². The molecule has 1 heterocycles. The maximum Gasteiger partial charge on any atom is 0.418 e. The van der Waals surface area contributed by atoms with Gasteiger partial charge in [0.05, 0.1) is 0 Å². The van der Waals surface area contributed by atoms with E-state index in [2.05, 4.69) is 206 Å². The number of rotatable bonds is 6. The van der Waals surface area contributed by atoms with Crippen molar-refractivity contribution in [2.45, 2.75) is 0 Å². The fraction of sp³-hybridized carbons (Fsp3) is 0. The molecule has 0 N–H and O–H groups in total. The molecule has 0 unspecified atom stereocenters.